The summed E-state index contributed by atoms with van der Waals surface area (Å²) in [7, 11) is 0. The maximum atomic E-state index is 12.2. The van der Waals surface area contributed by atoms with Gasteiger partial charge in [0.25, 0.3) is 0 Å². The Bertz CT molecular complexity index is 8940. The molecule has 0 bridgehead atoms. The van der Waals surface area contributed by atoms with E-state index in [1.807, 2.05) is 168 Å². The van der Waals surface area contributed by atoms with E-state index < -0.39 is 0 Å². The van der Waals surface area contributed by atoms with Crippen LogP contribution in [0.4, 0.5) is 17.1 Å². The smallest absolute Gasteiger partial charge is 0.226 e. The fourth-order valence-corrected chi connectivity index (χ4v) is 16.5. The lowest BCUT2D eigenvalue weighted by molar-refractivity contribution is -0.119. The molecule has 39 heteroatoms. The van der Waals surface area contributed by atoms with E-state index in [4.69, 9.17) is 31.5 Å². The molecule has 0 saturated carbocycles. The summed E-state index contributed by atoms with van der Waals surface area (Å²) in [5.74, 6) is 2.63. The van der Waals surface area contributed by atoms with Crippen molar-refractivity contribution < 1.29 is 19.2 Å². The maximum Gasteiger partial charge on any atom is 0.226 e. The van der Waals surface area contributed by atoms with Crippen molar-refractivity contribution in [2.45, 2.75) is 67.2 Å². The zero-order chi connectivity index (χ0) is 98.4. The van der Waals surface area contributed by atoms with Crippen LogP contribution in [0.25, 0.3) is 224 Å². The number of amides is 3. The number of ketones is 1. The van der Waals surface area contributed by atoms with E-state index >= 15 is 0 Å². The minimum absolute atomic E-state index is 0.0406. The van der Waals surface area contributed by atoms with Gasteiger partial charge in [0, 0.05) is 202 Å². The molecule has 0 unspecified atom stereocenters. The third kappa shape index (κ3) is 19.3. The van der Waals surface area contributed by atoms with Crippen molar-refractivity contribution in [2.75, 3.05) is 16.0 Å². The molecule has 704 valence electrons. The second-order valence-corrected chi connectivity index (χ2v) is 34.7. The highest BCUT2D eigenvalue weighted by atomic mass is 35.5. The highest BCUT2D eigenvalue weighted by Gasteiger charge is 2.25. The predicted octanol–water partition coefficient (Wildman–Crippen LogP) is 19.8. The lowest BCUT2D eigenvalue weighted by atomic mass is 10.1. The van der Waals surface area contributed by atoms with Gasteiger partial charge in [0.1, 0.15) is 45.1 Å². The predicted molar refractivity (Wildman–Crippen MR) is 550 cm³/mol. The molecule has 0 saturated heterocycles. The first-order valence-electron chi connectivity index (χ1n) is 45.9. The number of nitrogens with zero attached hydrogens (tertiary/aromatic N) is 23. The summed E-state index contributed by atoms with van der Waals surface area (Å²) >= 11 is 6.22. The van der Waals surface area contributed by atoms with Gasteiger partial charge >= 0.3 is 0 Å². The van der Waals surface area contributed by atoms with Crippen LogP contribution in [0.3, 0.4) is 0 Å². The number of imidazole rings is 4. The Kier molecular flexibility index (Phi) is 25.3. The number of pyridine rings is 15. The molecule has 23 heterocycles. The van der Waals surface area contributed by atoms with Crippen LogP contribution in [0.1, 0.15) is 66.5 Å². The molecule has 24 aromatic rings. The first kappa shape index (κ1) is 91.0. The van der Waals surface area contributed by atoms with Gasteiger partial charge in [0.2, 0.25) is 17.7 Å². The van der Waals surface area contributed by atoms with Crippen molar-refractivity contribution in [3.05, 3.63) is 281 Å². The van der Waals surface area contributed by atoms with E-state index in [0.717, 1.165) is 166 Å². The second kappa shape index (κ2) is 40.0. The zero-order valence-corrected chi connectivity index (χ0v) is 78.4. The molecule has 0 spiro atoms. The third-order valence-electron chi connectivity index (χ3n) is 23.5. The molecule has 0 radical (unpaired) electrons. The van der Waals surface area contributed by atoms with Gasteiger partial charge in [0.15, 0.2) is 45.9 Å². The number of rotatable bonds is 22. The van der Waals surface area contributed by atoms with Gasteiger partial charge in [-0.3, -0.25) is 94.4 Å². The number of carbonyl (C=O) groups is 4. The van der Waals surface area contributed by atoms with Crippen LogP contribution < -0.4 is 16.0 Å². The molecule has 144 heavy (non-hydrogen) atoms. The summed E-state index contributed by atoms with van der Waals surface area (Å²) in [4.78, 5) is 147. The number of halogens is 1. The van der Waals surface area contributed by atoms with Crippen molar-refractivity contribution in [3.63, 3.8) is 0 Å². The summed E-state index contributed by atoms with van der Waals surface area (Å²) in [5, 5.41) is 42.2. The Morgan fingerprint density at radius 2 is 0.688 bits per heavy atom. The third-order valence-corrected chi connectivity index (χ3v) is 23.8. The van der Waals surface area contributed by atoms with Crippen LogP contribution >= 0.6 is 11.6 Å². The van der Waals surface area contributed by atoms with Crippen LogP contribution in [-0.4, -0.2) is 179 Å². The van der Waals surface area contributed by atoms with E-state index in [0.29, 0.717) is 111 Å². The molecule has 0 aliphatic carbocycles. The average Bonchev–Trinajstić information content (AvgIpc) is 1.63. The fraction of sp³-hybridized carbons (Fsp3) is 0.114. The summed E-state index contributed by atoms with van der Waals surface area (Å²) in [6.07, 6.45) is 39.8. The molecule has 1 aromatic carbocycles. The zero-order valence-electron chi connectivity index (χ0n) is 77.7. The number of nitrogens with one attached hydrogen (secondary N) is 11. The van der Waals surface area contributed by atoms with E-state index in [-0.39, 0.29) is 35.3 Å². The quantitative estimate of drug-likeness (QED) is 0.0300. The number of H-pyrrole nitrogens is 8. The lowest BCUT2D eigenvalue weighted by Gasteiger charge is -2.09. The Hall–Kier alpha value is -19.4. The first-order valence-corrected chi connectivity index (χ1v) is 46.2. The molecule has 0 atom stereocenters. The van der Waals surface area contributed by atoms with Gasteiger partial charge in [-0.2, -0.15) is 20.4 Å². The monoisotopic (exact) mass is 1920 g/mol. The van der Waals surface area contributed by atoms with E-state index in [9.17, 15) is 19.2 Å². The topological polar surface area (TPSA) is 527 Å². The molecule has 0 aliphatic rings. The number of benzene rings is 1. The van der Waals surface area contributed by atoms with Crippen LogP contribution in [0, 0.1) is 11.8 Å². The van der Waals surface area contributed by atoms with E-state index in [1.165, 1.54) is 0 Å². The number of aromatic amines is 8. The summed E-state index contributed by atoms with van der Waals surface area (Å²) < 4.78 is 0. The van der Waals surface area contributed by atoms with Gasteiger partial charge < -0.3 is 35.9 Å². The number of anilines is 3. The molecular formula is C105H83ClN34O4. The van der Waals surface area contributed by atoms with Crippen molar-refractivity contribution >= 4 is 140 Å². The maximum absolute atomic E-state index is 12.2. The fourth-order valence-electron chi connectivity index (χ4n) is 16.3. The first-order chi connectivity index (χ1) is 70.4. The van der Waals surface area contributed by atoms with Crippen LogP contribution in [0.5, 0.6) is 0 Å². The minimum Gasteiger partial charge on any atom is -0.335 e. The molecule has 0 aliphatic heterocycles. The normalized spacial score (nSPS) is 11.4. The molecule has 23 aromatic heterocycles. The second-order valence-electron chi connectivity index (χ2n) is 34.3. The van der Waals surface area contributed by atoms with Gasteiger partial charge in [-0.15, -0.1) is 0 Å². The Labute approximate surface area is 821 Å². The SMILES string of the molecule is CC(C)C(=O)Nc1cncc(-c2cnc3n[nH]c(-c4nc5c(-c6ccccn6)cncc5[nH]4)c3c2)c1.CC(C)CC(=O)Nc1cncc(-c2cnc3n[nH]c(-c4nc5c(-c6cccc(Cl)c6)cncc5[nH]4)c3c2)c1.CCC(=O)Cc1ccc(-c2cnc3n[nH]c(-c4nc5c(-c6ccccn6)cncc5[nH]4)c3c2)cn1.CCC(=O)Nc1cncc(-c2cnc3n[nH]c(-c4nc5c(-c6ccccn6)cncc5[nH]4)c3c2)c1. The lowest BCUT2D eigenvalue weighted by Crippen LogP contribution is -2.17. The average molecular weight is 1920 g/mol. The standard InChI is InChI=1S/C28H23ClN8O.C26H21N9O.C26H20N8O.C25H19N9O/c1-15(2)6-24(38)33-20-8-17(10-30-12-20)18-9-21-26(36-37-27(21)32-11-18)28-34-23-14-31-13-22(25(23)35-28)16-4-3-5-19(29)7-16;1-14(2)26(36)31-17-7-15(9-27-11-17)16-8-18-23(34-35-24(18)30-10-16)25-32-21-13-28-12-19(22(21)33-25)20-5-3-4-6-29-20;1-2-18(35)10-17-7-6-15(11-29-17)16-9-19-24(33-34-25(19)30-12-16)26-31-22-14-27-13-20(23(22)32-26)21-5-3-4-8-28-21;1-2-21(35)30-16-7-14(9-26-11-16)15-8-17-23(33-34-24(17)29-10-15)25-31-20-13-27-12-18(22(20)32-25)19-5-3-4-6-28-19/h3-5,7-15H,6H2,1-2H3,(H,33,38)(H,34,35)(H,32,36,37);3-14H,1-2H3,(H,31,36)(H,32,33)(H,30,34,35);3-9,11-14H,2,10H2,1H3,(H,31,32)(H,30,33,34);3-13H,2H2,1H3,(H,30,35)(H,31,32)(H,29,33,34). The van der Waals surface area contributed by atoms with Gasteiger partial charge in [-0.25, -0.2) is 39.9 Å². The number of hydrogen-bond acceptors (Lipinski definition) is 27. The minimum atomic E-state index is -0.127. The van der Waals surface area contributed by atoms with Crippen LogP contribution in [-0.2, 0) is 25.6 Å². The molecule has 0 fully saturated rings. The van der Waals surface area contributed by atoms with E-state index in [1.54, 1.807) is 143 Å². The Morgan fingerprint density at radius 3 is 1.04 bits per heavy atom. The Morgan fingerprint density at radius 1 is 0.326 bits per heavy atom. The summed E-state index contributed by atoms with van der Waals surface area (Å²) in [5.41, 5.74) is 27.6. The number of hydrogen-bond donors (Lipinski definition) is 11. The number of fused-ring (bicyclic) bond motifs is 8. The van der Waals surface area contributed by atoms with Crippen molar-refractivity contribution in [3.8, 4) is 135 Å². The van der Waals surface area contributed by atoms with Gasteiger partial charge in [-0.1, -0.05) is 89.5 Å². The highest BCUT2D eigenvalue weighted by Crippen LogP contribution is 2.40. The van der Waals surface area contributed by atoms with Crippen LogP contribution in [0.2, 0.25) is 5.02 Å². The molecular weight excluding hydrogens is 1840 g/mol. The molecule has 24 rings (SSSR count). The highest BCUT2D eigenvalue weighted by molar-refractivity contribution is 6.31. The number of carbonyl (C=O) groups excluding carboxylic acids is 4. The van der Waals surface area contributed by atoms with E-state index in [2.05, 4.69) is 151 Å². The van der Waals surface area contributed by atoms with Gasteiger partial charge in [0.05, 0.1) is 127 Å². The number of Topliss-reactive ketones (excluding diaryl/α,β-unsaturated/α-hetero) is 1. The van der Waals surface area contributed by atoms with Crippen LogP contribution in [0.15, 0.2) is 270 Å². The largest absolute Gasteiger partial charge is 0.335 e. The van der Waals surface area contributed by atoms with Gasteiger partial charge in [-0.05, 0) is 109 Å². The molecule has 11 N–H and O–H groups in total. The molecule has 38 nitrogen and oxygen atoms in total. The number of aromatic nitrogens is 31. The summed E-state index contributed by atoms with van der Waals surface area (Å²) in [6.45, 7) is 11.4. The molecule has 3 amide bonds. The Balaban J connectivity index is 0.000000113. The van der Waals surface area contributed by atoms with Crippen molar-refractivity contribution in [1.29, 1.82) is 0 Å². The van der Waals surface area contributed by atoms with Crippen molar-refractivity contribution in [2.24, 2.45) is 11.8 Å². The summed E-state index contributed by atoms with van der Waals surface area (Å²) in [6, 6.07) is 42.3. The van der Waals surface area contributed by atoms with Crippen molar-refractivity contribution in [1.82, 2.24) is 155 Å².